The molecule has 19 heavy (non-hydrogen) atoms. The number of pyridine rings is 1. The number of hydrogen-bond acceptors (Lipinski definition) is 4. The molecule has 0 saturated carbocycles. The molecule has 0 saturated heterocycles. The molecular formula is C12H13ClN2O3S. The second kappa shape index (κ2) is 5.32. The van der Waals surface area contributed by atoms with Gasteiger partial charge >= 0.3 is 0 Å². The van der Waals surface area contributed by atoms with E-state index in [0.29, 0.717) is 5.76 Å². The lowest BCUT2D eigenvalue weighted by Gasteiger charge is -2.15. The molecule has 0 radical (unpaired) electrons. The zero-order chi connectivity index (χ0) is 14.0. The van der Waals surface area contributed by atoms with Crippen molar-refractivity contribution in [3.05, 3.63) is 47.1 Å². The lowest BCUT2D eigenvalue weighted by Crippen LogP contribution is -2.26. The zero-order valence-corrected chi connectivity index (χ0v) is 12.1. The molecule has 0 unspecified atom stereocenters. The average Bonchev–Trinajstić information content (AvgIpc) is 2.75. The van der Waals surface area contributed by atoms with Crippen LogP contribution in [-0.4, -0.2) is 24.8 Å². The van der Waals surface area contributed by atoms with Gasteiger partial charge in [-0.2, -0.15) is 4.31 Å². The predicted octanol–water partition coefficient (Wildman–Crippen LogP) is 2.46. The van der Waals surface area contributed by atoms with Crippen molar-refractivity contribution >= 4 is 21.6 Å². The topological polar surface area (TPSA) is 63.4 Å². The number of aryl methyl sites for hydroxylation is 1. The van der Waals surface area contributed by atoms with Gasteiger partial charge in [-0.25, -0.2) is 13.4 Å². The van der Waals surface area contributed by atoms with Crippen LogP contribution in [0.15, 0.2) is 39.8 Å². The van der Waals surface area contributed by atoms with Gasteiger partial charge < -0.3 is 4.42 Å². The number of hydrogen-bond donors (Lipinski definition) is 0. The van der Waals surface area contributed by atoms with Gasteiger partial charge in [0.15, 0.2) is 0 Å². The summed E-state index contributed by atoms with van der Waals surface area (Å²) in [6.07, 6.45) is 1.24. The Morgan fingerprint density at radius 1 is 1.32 bits per heavy atom. The van der Waals surface area contributed by atoms with Crippen molar-refractivity contribution in [3.8, 4) is 0 Å². The van der Waals surface area contributed by atoms with Gasteiger partial charge in [0.2, 0.25) is 10.0 Å². The van der Waals surface area contributed by atoms with Gasteiger partial charge in [-0.15, -0.1) is 0 Å². The minimum atomic E-state index is -3.59. The number of halogens is 1. The molecule has 0 spiro atoms. The highest BCUT2D eigenvalue weighted by molar-refractivity contribution is 7.89. The van der Waals surface area contributed by atoms with E-state index in [1.165, 1.54) is 29.7 Å². The Bertz CT molecular complexity index is 665. The summed E-state index contributed by atoms with van der Waals surface area (Å²) >= 11 is 5.64. The van der Waals surface area contributed by atoms with Crippen LogP contribution in [0, 0.1) is 6.92 Å². The molecule has 102 valence electrons. The third-order valence-electron chi connectivity index (χ3n) is 2.58. The summed E-state index contributed by atoms with van der Waals surface area (Å²) in [5.74, 6) is 1.33. The second-order valence-electron chi connectivity index (χ2n) is 4.09. The Hall–Kier alpha value is -1.37. The summed E-state index contributed by atoms with van der Waals surface area (Å²) in [6.45, 7) is 1.97. The molecule has 7 heteroatoms. The fourth-order valence-corrected chi connectivity index (χ4v) is 2.76. The van der Waals surface area contributed by atoms with Gasteiger partial charge in [-0.05, 0) is 31.2 Å². The van der Waals surface area contributed by atoms with Crippen LogP contribution in [0.2, 0.25) is 5.15 Å². The summed E-state index contributed by atoms with van der Waals surface area (Å²) in [4.78, 5) is 3.87. The molecule has 0 aromatic carbocycles. The molecule has 5 nitrogen and oxygen atoms in total. The van der Waals surface area contributed by atoms with Gasteiger partial charge in [-0.3, -0.25) is 0 Å². The van der Waals surface area contributed by atoms with Crippen molar-refractivity contribution in [2.75, 3.05) is 7.05 Å². The number of nitrogens with zero attached hydrogens (tertiary/aromatic N) is 2. The van der Waals surface area contributed by atoms with Crippen molar-refractivity contribution in [3.63, 3.8) is 0 Å². The van der Waals surface area contributed by atoms with Crippen molar-refractivity contribution in [1.82, 2.24) is 9.29 Å². The van der Waals surface area contributed by atoms with E-state index in [1.807, 2.05) is 0 Å². The van der Waals surface area contributed by atoms with Crippen molar-refractivity contribution in [1.29, 1.82) is 0 Å². The summed E-state index contributed by atoms with van der Waals surface area (Å²) in [5, 5.41) is 0.253. The first kappa shape index (κ1) is 14.0. The molecule has 2 rings (SSSR count). The molecule has 0 N–H and O–H groups in total. The summed E-state index contributed by atoms with van der Waals surface area (Å²) in [7, 11) is -2.10. The van der Waals surface area contributed by atoms with E-state index in [9.17, 15) is 8.42 Å². The summed E-state index contributed by atoms with van der Waals surface area (Å²) in [5.41, 5.74) is 0. The summed E-state index contributed by atoms with van der Waals surface area (Å²) in [6, 6.07) is 6.41. The number of aromatic nitrogens is 1. The fourth-order valence-electron chi connectivity index (χ4n) is 1.57. The molecule has 0 amide bonds. The maximum Gasteiger partial charge on any atom is 0.244 e. The zero-order valence-electron chi connectivity index (χ0n) is 10.5. The molecule has 0 bridgehead atoms. The first-order chi connectivity index (χ1) is 8.89. The van der Waals surface area contributed by atoms with Gasteiger partial charge in [0.05, 0.1) is 6.54 Å². The van der Waals surface area contributed by atoms with Crippen LogP contribution in [0.5, 0.6) is 0 Å². The van der Waals surface area contributed by atoms with Crippen LogP contribution in [0.25, 0.3) is 0 Å². The van der Waals surface area contributed by atoms with Crippen LogP contribution in [0.1, 0.15) is 11.5 Å². The molecule has 2 aromatic rings. The molecule has 0 aliphatic heterocycles. The summed E-state index contributed by atoms with van der Waals surface area (Å²) < 4.78 is 31.1. The van der Waals surface area contributed by atoms with E-state index >= 15 is 0 Å². The first-order valence-electron chi connectivity index (χ1n) is 5.53. The highest BCUT2D eigenvalue weighted by Gasteiger charge is 2.22. The van der Waals surface area contributed by atoms with Gasteiger partial charge in [-0.1, -0.05) is 11.6 Å². The molecular weight excluding hydrogens is 288 g/mol. The maximum atomic E-state index is 12.3. The van der Waals surface area contributed by atoms with Crippen molar-refractivity contribution in [2.45, 2.75) is 18.4 Å². The first-order valence-corrected chi connectivity index (χ1v) is 7.34. The molecule has 0 atom stereocenters. The molecule has 2 heterocycles. The average molecular weight is 301 g/mol. The van der Waals surface area contributed by atoms with Crippen molar-refractivity contribution < 1.29 is 12.8 Å². The SMILES string of the molecule is Cc1ccc(CN(C)S(=O)(=O)c2ccc(Cl)nc2)o1. The molecule has 0 aliphatic rings. The largest absolute Gasteiger partial charge is 0.465 e. The van der Waals surface area contributed by atoms with Gasteiger partial charge in [0.1, 0.15) is 21.6 Å². The van der Waals surface area contributed by atoms with E-state index in [4.69, 9.17) is 16.0 Å². The van der Waals surface area contributed by atoms with Crippen LogP contribution in [0.4, 0.5) is 0 Å². The Labute approximate surface area is 116 Å². The quantitative estimate of drug-likeness (QED) is 0.814. The fraction of sp³-hybridized carbons (Fsp3) is 0.250. The maximum absolute atomic E-state index is 12.3. The van der Waals surface area contributed by atoms with E-state index in [1.54, 1.807) is 19.1 Å². The van der Waals surface area contributed by atoms with E-state index < -0.39 is 10.0 Å². The number of rotatable bonds is 4. The van der Waals surface area contributed by atoms with Crippen LogP contribution >= 0.6 is 11.6 Å². The van der Waals surface area contributed by atoms with E-state index in [0.717, 1.165) is 5.76 Å². The smallest absolute Gasteiger partial charge is 0.244 e. The number of furan rings is 1. The normalized spacial score (nSPS) is 12.0. The molecule has 0 fully saturated rings. The minimum absolute atomic E-state index is 0.0997. The van der Waals surface area contributed by atoms with Crippen LogP contribution in [-0.2, 0) is 16.6 Å². The van der Waals surface area contributed by atoms with Gasteiger partial charge in [0, 0.05) is 13.2 Å². The van der Waals surface area contributed by atoms with E-state index in [-0.39, 0.29) is 16.6 Å². The number of sulfonamides is 1. The monoisotopic (exact) mass is 300 g/mol. The predicted molar refractivity (Wildman–Crippen MR) is 71.3 cm³/mol. The minimum Gasteiger partial charge on any atom is -0.465 e. The lowest BCUT2D eigenvalue weighted by molar-refractivity contribution is 0.397. The van der Waals surface area contributed by atoms with Crippen molar-refractivity contribution in [2.24, 2.45) is 0 Å². The molecule has 2 aromatic heterocycles. The van der Waals surface area contributed by atoms with Crippen LogP contribution < -0.4 is 0 Å². The highest BCUT2D eigenvalue weighted by Crippen LogP contribution is 2.18. The Morgan fingerprint density at radius 2 is 2.05 bits per heavy atom. The third kappa shape index (κ3) is 3.15. The Morgan fingerprint density at radius 3 is 2.58 bits per heavy atom. The standard InChI is InChI=1S/C12H13ClN2O3S/c1-9-3-4-10(18-9)8-15(2)19(16,17)11-5-6-12(13)14-7-11/h3-7H,8H2,1-2H3. The Kier molecular flexibility index (Phi) is 3.93. The molecule has 0 aliphatic carbocycles. The van der Waals surface area contributed by atoms with Crippen LogP contribution in [0.3, 0.4) is 0 Å². The third-order valence-corrected chi connectivity index (χ3v) is 4.59. The van der Waals surface area contributed by atoms with Gasteiger partial charge in [0.25, 0.3) is 0 Å². The lowest BCUT2D eigenvalue weighted by atomic mass is 10.4. The Balaban J connectivity index is 2.21. The van der Waals surface area contributed by atoms with E-state index in [2.05, 4.69) is 4.98 Å². The highest BCUT2D eigenvalue weighted by atomic mass is 35.5. The second-order valence-corrected chi connectivity index (χ2v) is 6.52.